The highest BCUT2D eigenvalue weighted by Crippen LogP contribution is 2.44. The fourth-order valence-corrected chi connectivity index (χ4v) is 4.99. The fraction of sp³-hybridized carbons (Fsp3) is 0.500. The maximum atomic E-state index is 9.73. The van der Waals surface area contributed by atoms with Crippen LogP contribution in [0.15, 0.2) is 23.2 Å². The summed E-state index contributed by atoms with van der Waals surface area (Å²) in [6.45, 7) is 10.9. The lowest BCUT2D eigenvalue weighted by Crippen LogP contribution is -2.26. The molecule has 0 amide bonds. The van der Waals surface area contributed by atoms with Crippen LogP contribution >= 0.6 is 11.3 Å². The molecule has 0 saturated carbocycles. The van der Waals surface area contributed by atoms with Crippen LogP contribution in [0.4, 0.5) is 5.00 Å². The van der Waals surface area contributed by atoms with Crippen molar-refractivity contribution >= 4 is 22.6 Å². The minimum atomic E-state index is 0.0796. The topological polar surface area (TPSA) is 54.6 Å². The van der Waals surface area contributed by atoms with E-state index < -0.39 is 0 Å². The number of hydrogen-bond donors (Lipinski definition) is 0. The van der Waals surface area contributed by atoms with Gasteiger partial charge in [-0.15, -0.1) is 11.3 Å². The number of nitriles is 1. The van der Waals surface area contributed by atoms with Gasteiger partial charge in [-0.3, -0.25) is 0 Å². The number of rotatable bonds is 5. The number of fused-ring (bicyclic) bond motifs is 1. The lowest BCUT2D eigenvalue weighted by Gasteiger charge is -2.33. The smallest absolute Gasteiger partial charge is 0.161 e. The van der Waals surface area contributed by atoms with Crippen LogP contribution in [0.5, 0.6) is 11.5 Å². The molecule has 29 heavy (non-hydrogen) atoms. The van der Waals surface area contributed by atoms with E-state index in [0.717, 1.165) is 41.1 Å². The summed E-state index contributed by atoms with van der Waals surface area (Å²) in [5, 5.41) is 10.5. The van der Waals surface area contributed by atoms with Crippen molar-refractivity contribution in [1.82, 2.24) is 0 Å². The molecule has 0 aliphatic heterocycles. The van der Waals surface area contributed by atoms with Crippen molar-refractivity contribution in [2.24, 2.45) is 16.3 Å². The number of ether oxygens (including phenoxy) is 2. The van der Waals surface area contributed by atoms with Crippen molar-refractivity contribution in [3.8, 4) is 17.6 Å². The van der Waals surface area contributed by atoms with E-state index in [1.807, 2.05) is 32.0 Å². The zero-order valence-electron chi connectivity index (χ0n) is 18.2. The van der Waals surface area contributed by atoms with Crippen LogP contribution in [-0.4, -0.2) is 19.4 Å². The van der Waals surface area contributed by atoms with Gasteiger partial charge in [0.15, 0.2) is 11.5 Å². The summed E-state index contributed by atoms with van der Waals surface area (Å²) in [6.07, 6.45) is 5.04. The minimum absolute atomic E-state index is 0.0796. The van der Waals surface area contributed by atoms with Gasteiger partial charge >= 0.3 is 0 Å². The van der Waals surface area contributed by atoms with E-state index in [1.54, 1.807) is 24.7 Å². The molecule has 1 aromatic carbocycles. The first-order chi connectivity index (χ1) is 13.7. The maximum Gasteiger partial charge on any atom is 0.161 e. The molecule has 1 heterocycles. The van der Waals surface area contributed by atoms with Crippen molar-refractivity contribution in [1.29, 1.82) is 5.26 Å². The normalized spacial score (nSPS) is 16.7. The van der Waals surface area contributed by atoms with Crippen molar-refractivity contribution < 1.29 is 9.47 Å². The van der Waals surface area contributed by atoms with E-state index in [0.29, 0.717) is 11.7 Å². The summed E-state index contributed by atoms with van der Waals surface area (Å²) >= 11 is 1.67. The first-order valence-corrected chi connectivity index (χ1v) is 11.0. The molecule has 0 unspecified atom stereocenters. The number of methoxy groups -OCH3 is 1. The number of hydrogen-bond acceptors (Lipinski definition) is 5. The van der Waals surface area contributed by atoms with Crippen molar-refractivity contribution in [3.63, 3.8) is 0 Å². The van der Waals surface area contributed by atoms with Gasteiger partial charge in [0.05, 0.1) is 18.8 Å². The summed E-state index contributed by atoms with van der Waals surface area (Å²) in [5.41, 5.74) is 3.17. The first-order valence-electron chi connectivity index (χ1n) is 10.2. The second-order valence-electron chi connectivity index (χ2n) is 8.94. The van der Waals surface area contributed by atoms with Gasteiger partial charge < -0.3 is 9.47 Å². The number of benzene rings is 1. The van der Waals surface area contributed by atoms with E-state index in [-0.39, 0.29) is 11.5 Å². The summed E-state index contributed by atoms with van der Waals surface area (Å²) in [6, 6.07) is 8.17. The van der Waals surface area contributed by atoms with E-state index in [9.17, 15) is 5.26 Å². The molecule has 0 spiro atoms. The molecule has 0 radical (unpaired) electrons. The summed E-state index contributed by atoms with van der Waals surface area (Å²) in [7, 11) is 1.64. The molecule has 3 rings (SSSR count). The number of nitrogens with zero attached hydrogens (tertiary/aromatic N) is 2. The number of aliphatic imine (C=N–C) groups is 1. The monoisotopic (exact) mass is 410 g/mol. The summed E-state index contributed by atoms with van der Waals surface area (Å²) in [4.78, 5) is 6.01. The van der Waals surface area contributed by atoms with Gasteiger partial charge in [0.25, 0.3) is 0 Å². The zero-order chi connectivity index (χ0) is 21.2. The molecule has 154 valence electrons. The van der Waals surface area contributed by atoms with Crippen LogP contribution in [0.3, 0.4) is 0 Å². The summed E-state index contributed by atoms with van der Waals surface area (Å²) in [5.74, 6) is 2.05. The third-order valence-electron chi connectivity index (χ3n) is 5.46. The second kappa shape index (κ2) is 8.59. The Morgan fingerprint density at radius 2 is 2.03 bits per heavy atom. The first kappa shape index (κ1) is 21.4. The van der Waals surface area contributed by atoms with Crippen molar-refractivity contribution in [2.75, 3.05) is 7.11 Å². The average molecular weight is 411 g/mol. The van der Waals surface area contributed by atoms with Crippen LogP contribution in [0.2, 0.25) is 0 Å². The van der Waals surface area contributed by atoms with E-state index in [2.05, 4.69) is 31.8 Å². The zero-order valence-corrected chi connectivity index (χ0v) is 19.0. The van der Waals surface area contributed by atoms with Crippen LogP contribution in [0.1, 0.15) is 62.6 Å². The van der Waals surface area contributed by atoms with Crippen molar-refractivity contribution in [3.05, 3.63) is 39.8 Å². The molecule has 1 aromatic heterocycles. The Hall–Kier alpha value is -2.32. The van der Waals surface area contributed by atoms with E-state index >= 15 is 0 Å². The van der Waals surface area contributed by atoms with Gasteiger partial charge in [0.2, 0.25) is 0 Å². The molecule has 0 bridgehead atoms. The molecule has 2 aromatic rings. The van der Waals surface area contributed by atoms with Gasteiger partial charge in [0, 0.05) is 11.1 Å². The maximum absolute atomic E-state index is 9.73. The van der Waals surface area contributed by atoms with Crippen LogP contribution < -0.4 is 9.47 Å². The molecule has 0 saturated heterocycles. The quantitative estimate of drug-likeness (QED) is 0.542. The summed E-state index contributed by atoms with van der Waals surface area (Å²) < 4.78 is 11.2. The largest absolute Gasteiger partial charge is 0.493 e. The average Bonchev–Trinajstić information content (AvgIpc) is 3.02. The predicted octanol–water partition coefficient (Wildman–Crippen LogP) is 6.32. The minimum Gasteiger partial charge on any atom is -0.493 e. The fourth-order valence-electron chi connectivity index (χ4n) is 3.77. The highest BCUT2D eigenvalue weighted by molar-refractivity contribution is 7.16. The van der Waals surface area contributed by atoms with Gasteiger partial charge in [-0.25, -0.2) is 4.99 Å². The SMILES string of the molecule is COc1cc(C=Nc2sc3c(c2C#N)CC[C@@H](C(C)(C)C)C3)ccc1OC(C)C. The molecule has 5 heteroatoms. The lowest BCUT2D eigenvalue weighted by atomic mass is 9.72. The van der Waals surface area contributed by atoms with E-state index in [4.69, 9.17) is 9.47 Å². The van der Waals surface area contributed by atoms with Crippen molar-refractivity contribution in [2.45, 2.75) is 60.0 Å². The Morgan fingerprint density at radius 3 is 2.66 bits per heavy atom. The predicted molar refractivity (Wildman–Crippen MR) is 120 cm³/mol. The molecule has 0 fully saturated rings. The Balaban J connectivity index is 1.87. The Kier molecular flexibility index (Phi) is 6.33. The highest BCUT2D eigenvalue weighted by atomic mass is 32.1. The standard InChI is InChI=1S/C24H30N2O2S/c1-15(2)28-20-10-7-16(11-21(20)27-6)14-26-23-19(13-25)18-9-8-17(24(3,4)5)12-22(18)29-23/h7,10-11,14-15,17H,8-9,12H2,1-6H3/t17-/m1/s1. The third-order valence-corrected chi connectivity index (χ3v) is 6.63. The van der Waals surface area contributed by atoms with Crippen LogP contribution in [-0.2, 0) is 12.8 Å². The lowest BCUT2D eigenvalue weighted by molar-refractivity contribution is 0.218. The molecular formula is C24H30N2O2S. The van der Waals surface area contributed by atoms with Crippen LogP contribution in [0.25, 0.3) is 0 Å². The van der Waals surface area contributed by atoms with Crippen LogP contribution in [0, 0.1) is 22.7 Å². The Bertz CT molecular complexity index is 945. The molecule has 1 atom stereocenters. The van der Waals surface area contributed by atoms with Gasteiger partial charge in [0.1, 0.15) is 11.1 Å². The van der Waals surface area contributed by atoms with E-state index in [1.165, 1.54) is 10.4 Å². The van der Waals surface area contributed by atoms with Gasteiger partial charge in [-0.05, 0) is 73.8 Å². The molecule has 4 nitrogen and oxygen atoms in total. The van der Waals surface area contributed by atoms with Gasteiger partial charge in [-0.1, -0.05) is 20.8 Å². The molecule has 0 N–H and O–H groups in total. The highest BCUT2D eigenvalue weighted by Gasteiger charge is 2.32. The second-order valence-corrected chi connectivity index (χ2v) is 10.0. The Morgan fingerprint density at radius 1 is 1.28 bits per heavy atom. The van der Waals surface area contributed by atoms with Gasteiger partial charge in [-0.2, -0.15) is 5.26 Å². The number of thiophene rings is 1. The third kappa shape index (κ3) is 4.82. The Labute approximate surface area is 178 Å². The molecule has 1 aliphatic carbocycles. The molecular weight excluding hydrogens is 380 g/mol. The molecule has 1 aliphatic rings.